The molecule has 7 heteroatoms. The third-order valence-electron chi connectivity index (χ3n) is 7.38. The van der Waals surface area contributed by atoms with Crippen molar-refractivity contribution in [3.05, 3.63) is 131 Å². The van der Waals surface area contributed by atoms with Crippen LogP contribution in [-0.4, -0.2) is 52.6 Å². The highest BCUT2D eigenvalue weighted by Crippen LogP contribution is 2.32. The Balaban J connectivity index is 1.73. The number of aryl methyl sites for hydroxylation is 1. The fourth-order valence-corrected chi connectivity index (χ4v) is 5.28. The SMILES string of the molecule is CCC(c1nc2ccccc2c(=O)n1-c1cccc(C)c1)N(CCN(C)C)C(=O)N(c1ccccc1)c1ccccc1. The quantitative estimate of drug-likeness (QED) is 0.196. The molecule has 1 unspecified atom stereocenters. The number of urea groups is 1. The molecular formula is C35H37N5O2. The second-order valence-corrected chi connectivity index (χ2v) is 10.7. The van der Waals surface area contributed by atoms with Crippen LogP contribution in [0.2, 0.25) is 0 Å². The highest BCUT2D eigenvalue weighted by atomic mass is 16.2. The van der Waals surface area contributed by atoms with E-state index in [0.29, 0.717) is 36.2 Å². The second kappa shape index (κ2) is 12.8. The zero-order chi connectivity index (χ0) is 29.6. The van der Waals surface area contributed by atoms with Crippen molar-refractivity contribution in [2.75, 3.05) is 32.1 Å². The molecule has 0 bridgehead atoms. The Hall–Kier alpha value is -4.75. The predicted octanol–water partition coefficient (Wildman–Crippen LogP) is 6.97. The number of aromatic nitrogens is 2. The van der Waals surface area contributed by atoms with E-state index in [9.17, 15) is 9.59 Å². The summed E-state index contributed by atoms with van der Waals surface area (Å²) in [4.78, 5) is 39.7. The number of hydrogen-bond acceptors (Lipinski definition) is 4. The Bertz CT molecular complexity index is 1680. The van der Waals surface area contributed by atoms with Crippen molar-refractivity contribution >= 4 is 28.3 Å². The van der Waals surface area contributed by atoms with E-state index >= 15 is 0 Å². The zero-order valence-electron chi connectivity index (χ0n) is 24.6. The smallest absolute Gasteiger partial charge is 0.313 e. The minimum absolute atomic E-state index is 0.150. The van der Waals surface area contributed by atoms with Crippen LogP contribution in [0.1, 0.15) is 30.8 Å². The molecule has 0 radical (unpaired) electrons. The summed E-state index contributed by atoms with van der Waals surface area (Å²) in [5, 5.41) is 0.541. The van der Waals surface area contributed by atoms with Crippen LogP contribution >= 0.6 is 0 Å². The van der Waals surface area contributed by atoms with Crippen LogP contribution in [0.15, 0.2) is 114 Å². The van der Waals surface area contributed by atoms with Gasteiger partial charge in [-0.3, -0.25) is 14.3 Å². The van der Waals surface area contributed by atoms with Crippen LogP contribution in [0.3, 0.4) is 0 Å². The molecule has 5 aromatic rings. The third kappa shape index (κ3) is 5.97. The maximum atomic E-state index is 14.8. The van der Waals surface area contributed by atoms with E-state index in [1.54, 1.807) is 9.47 Å². The van der Waals surface area contributed by atoms with Crippen molar-refractivity contribution in [2.24, 2.45) is 0 Å². The van der Waals surface area contributed by atoms with Crippen LogP contribution in [0.25, 0.3) is 16.6 Å². The van der Waals surface area contributed by atoms with Gasteiger partial charge in [-0.1, -0.05) is 67.6 Å². The number of rotatable bonds is 9. The van der Waals surface area contributed by atoms with E-state index in [-0.39, 0.29) is 11.6 Å². The van der Waals surface area contributed by atoms with Gasteiger partial charge >= 0.3 is 6.03 Å². The summed E-state index contributed by atoms with van der Waals surface area (Å²) in [6.07, 6.45) is 0.563. The number of likely N-dealkylation sites (N-methyl/N-ethyl adjacent to an activating group) is 1. The number of carbonyl (C=O) groups excluding carboxylic acids is 1. The summed E-state index contributed by atoms with van der Waals surface area (Å²) in [6, 6.07) is 34.0. The molecule has 0 saturated heterocycles. The Labute approximate surface area is 247 Å². The molecule has 0 N–H and O–H groups in total. The van der Waals surface area contributed by atoms with Gasteiger partial charge in [0, 0.05) is 13.1 Å². The summed E-state index contributed by atoms with van der Waals surface area (Å²) < 4.78 is 1.69. The topological polar surface area (TPSA) is 61.7 Å². The molecule has 0 spiro atoms. The molecule has 4 aromatic carbocycles. The molecule has 1 heterocycles. The van der Waals surface area contributed by atoms with Gasteiger partial charge in [-0.05, 0) is 81.5 Å². The van der Waals surface area contributed by atoms with E-state index < -0.39 is 6.04 Å². The molecule has 42 heavy (non-hydrogen) atoms. The molecule has 0 aliphatic rings. The number of anilines is 2. The Morgan fingerprint density at radius 3 is 2.02 bits per heavy atom. The maximum Gasteiger partial charge on any atom is 0.329 e. The summed E-state index contributed by atoms with van der Waals surface area (Å²) >= 11 is 0. The standard InChI is InChI=1S/C35H37N5O2/c1-5-32(33-36-31-22-13-12-21-30(31)34(41)40(33)29-20-14-15-26(2)25-29)38(24-23-37(3)4)35(42)39(27-16-8-6-9-17-27)28-18-10-7-11-19-28/h6-22,25,32H,5,23-24H2,1-4H3. The van der Waals surface area contributed by atoms with Gasteiger partial charge in [-0.2, -0.15) is 0 Å². The summed E-state index contributed by atoms with van der Waals surface area (Å²) in [6.45, 7) is 5.13. The van der Waals surface area contributed by atoms with E-state index in [0.717, 1.165) is 22.6 Å². The summed E-state index contributed by atoms with van der Waals surface area (Å²) in [5.41, 5.74) is 3.76. The largest absolute Gasteiger partial charge is 0.329 e. The van der Waals surface area contributed by atoms with E-state index in [1.165, 1.54) is 0 Å². The van der Waals surface area contributed by atoms with Crippen LogP contribution in [-0.2, 0) is 0 Å². The second-order valence-electron chi connectivity index (χ2n) is 10.7. The van der Waals surface area contributed by atoms with Crippen molar-refractivity contribution in [1.29, 1.82) is 0 Å². The van der Waals surface area contributed by atoms with Gasteiger partial charge in [-0.15, -0.1) is 0 Å². The molecule has 2 amide bonds. The van der Waals surface area contributed by atoms with Gasteiger partial charge in [0.1, 0.15) is 5.82 Å². The lowest BCUT2D eigenvalue weighted by atomic mass is 10.1. The Kier molecular flexibility index (Phi) is 8.79. The van der Waals surface area contributed by atoms with Crippen molar-refractivity contribution in [3.63, 3.8) is 0 Å². The first-order valence-electron chi connectivity index (χ1n) is 14.3. The first kappa shape index (κ1) is 28.8. The van der Waals surface area contributed by atoms with E-state index in [4.69, 9.17) is 4.98 Å². The number of hydrogen-bond donors (Lipinski definition) is 0. The van der Waals surface area contributed by atoms with Crippen molar-refractivity contribution < 1.29 is 4.79 Å². The number of para-hydroxylation sites is 3. The Morgan fingerprint density at radius 1 is 0.810 bits per heavy atom. The summed E-state index contributed by atoms with van der Waals surface area (Å²) in [7, 11) is 3.99. The number of nitrogens with zero attached hydrogens (tertiary/aromatic N) is 5. The van der Waals surface area contributed by atoms with E-state index in [2.05, 4.69) is 4.90 Å². The van der Waals surface area contributed by atoms with Crippen molar-refractivity contribution in [1.82, 2.24) is 19.4 Å². The molecule has 214 valence electrons. The highest BCUT2D eigenvalue weighted by Gasteiger charge is 2.33. The average Bonchev–Trinajstić information content (AvgIpc) is 3.00. The lowest BCUT2D eigenvalue weighted by Crippen LogP contribution is -2.47. The lowest BCUT2D eigenvalue weighted by Gasteiger charge is -2.37. The Morgan fingerprint density at radius 2 is 1.43 bits per heavy atom. The fraction of sp³-hybridized carbons (Fsp3) is 0.229. The normalized spacial score (nSPS) is 11.9. The predicted molar refractivity (Wildman–Crippen MR) is 171 cm³/mol. The van der Waals surface area contributed by atoms with Gasteiger partial charge in [0.15, 0.2) is 0 Å². The summed E-state index contributed by atoms with van der Waals surface area (Å²) in [5.74, 6) is 0.542. The molecule has 1 aromatic heterocycles. The van der Waals surface area contributed by atoms with Gasteiger partial charge in [0.05, 0.1) is 34.0 Å². The minimum Gasteiger partial charge on any atom is -0.313 e. The number of amides is 2. The lowest BCUT2D eigenvalue weighted by molar-refractivity contribution is 0.169. The fourth-order valence-electron chi connectivity index (χ4n) is 5.28. The first-order chi connectivity index (χ1) is 20.4. The third-order valence-corrected chi connectivity index (χ3v) is 7.38. The van der Waals surface area contributed by atoms with Crippen LogP contribution < -0.4 is 10.5 Å². The van der Waals surface area contributed by atoms with Gasteiger partial charge in [0.2, 0.25) is 0 Å². The highest BCUT2D eigenvalue weighted by molar-refractivity contribution is 5.99. The molecule has 1 atom stereocenters. The molecule has 0 aliphatic carbocycles. The van der Waals surface area contributed by atoms with Crippen LogP contribution in [0, 0.1) is 6.92 Å². The zero-order valence-corrected chi connectivity index (χ0v) is 24.6. The maximum absolute atomic E-state index is 14.8. The molecule has 0 fully saturated rings. The number of benzene rings is 4. The average molecular weight is 560 g/mol. The molecule has 7 nitrogen and oxygen atoms in total. The van der Waals surface area contributed by atoms with Crippen molar-refractivity contribution in [2.45, 2.75) is 26.3 Å². The first-order valence-corrected chi connectivity index (χ1v) is 14.3. The van der Waals surface area contributed by atoms with Gasteiger partial charge in [0.25, 0.3) is 5.56 Å². The minimum atomic E-state index is -0.481. The van der Waals surface area contributed by atoms with Crippen LogP contribution in [0.5, 0.6) is 0 Å². The van der Waals surface area contributed by atoms with Crippen LogP contribution in [0.4, 0.5) is 16.2 Å². The molecule has 0 aliphatic heterocycles. The molecular weight excluding hydrogens is 522 g/mol. The monoisotopic (exact) mass is 559 g/mol. The van der Waals surface area contributed by atoms with Crippen molar-refractivity contribution in [3.8, 4) is 5.69 Å². The number of fused-ring (bicyclic) bond motifs is 1. The molecule has 5 rings (SSSR count). The van der Waals surface area contributed by atoms with Gasteiger partial charge in [-0.25, -0.2) is 9.78 Å². The van der Waals surface area contributed by atoms with E-state index in [1.807, 2.05) is 142 Å². The van der Waals surface area contributed by atoms with Gasteiger partial charge < -0.3 is 9.80 Å². The number of carbonyl (C=O) groups is 1. The molecule has 0 saturated carbocycles.